The van der Waals surface area contributed by atoms with Crippen molar-refractivity contribution in [2.75, 3.05) is 0 Å². The van der Waals surface area contributed by atoms with E-state index in [0.717, 1.165) is 5.69 Å². The Kier molecular flexibility index (Phi) is 2.45. The van der Waals surface area contributed by atoms with Gasteiger partial charge in [-0.25, -0.2) is 0 Å². The zero-order chi connectivity index (χ0) is 10.8. The van der Waals surface area contributed by atoms with Crippen LogP contribution in [0.1, 0.15) is 24.0 Å². The zero-order valence-electron chi connectivity index (χ0n) is 9.19. The average molecular weight is 208 g/mol. The maximum absolute atomic E-state index is 4.38. The zero-order valence-corrected chi connectivity index (χ0v) is 9.19. The van der Waals surface area contributed by atoms with Gasteiger partial charge in [-0.1, -0.05) is 18.2 Å². The fourth-order valence-corrected chi connectivity index (χ4v) is 2.26. The van der Waals surface area contributed by atoms with Gasteiger partial charge < -0.3 is 0 Å². The Labute approximate surface area is 96.2 Å². The topological polar surface area (TPSA) is 12.9 Å². The van der Waals surface area contributed by atoms with E-state index < -0.39 is 0 Å². The third-order valence-corrected chi connectivity index (χ3v) is 3.12. The van der Waals surface area contributed by atoms with Crippen LogP contribution in [-0.2, 0) is 6.42 Å². The molecule has 1 heterocycles. The quantitative estimate of drug-likeness (QED) is 0.697. The standard InChI is InChI=1S/C15H14N/c1-2-6-13-11-14(9-8-12(13)5-1)15-7-3-4-10-16-15/h3-4,6-11H,1-2,5H2. The Hall–Kier alpha value is -1.63. The van der Waals surface area contributed by atoms with Gasteiger partial charge in [-0.05, 0) is 55.0 Å². The van der Waals surface area contributed by atoms with Crippen LogP contribution in [0.15, 0.2) is 42.6 Å². The number of benzene rings is 1. The minimum Gasteiger partial charge on any atom is -0.256 e. The van der Waals surface area contributed by atoms with Crippen molar-refractivity contribution in [3.05, 3.63) is 60.1 Å². The second-order valence-electron chi connectivity index (χ2n) is 4.22. The van der Waals surface area contributed by atoms with Gasteiger partial charge >= 0.3 is 0 Å². The van der Waals surface area contributed by atoms with E-state index in [1.54, 1.807) is 0 Å². The van der Waals surface area contributed by atoms with Gasteiger partial charge in [0.1, 0.15) is 0 Å². The van der Waals surface area contributed by atoms with Crippen LogP contribution in [0, 0.1) is 6.42 Å². The summed E-state index contributed by atoms with van der Waals surface area (Å²) in [6.07, 6.45) is 7.90. The molecule has 0 amide bonds. The Morgan fingerprint density at radius 1 is 1.06 bits per heavy atom. The molecule has 0 spiro atoms. The summed E-state index contributed by atoms with van der Waals surface area (Å²) in [5.41, 5.74) is 5.15. The number of rotatable bonds is 1. The summed E-state index contributed by atoms with van der Waals surface area (Å²) in [4.78, 5) is 4.38. The van der Waals surface area contributed by atoms with Crippen LogP contribution < -0.4 is 0 Å². The van der Waals surface area contributed by atoms with Crippen molar-refractivity contribution in [1.29, 1.82) is 0 Å². The molecule has 1 nitrogen and oxygen atoms in total. The Bertz CT molecular complexity index is 488. The third-order valence-electron chi connectivity index (χ3n) is 3.12. The lowest BCUT2D eigenvalue weighted by Gasteiger charge is -2.16. The van der Waals surface area contributed by atoms with Crippen molar-refractivity contribution in [3.8, 4) is 11.3 Å². The average Bonchev–Trinajstić information content (AvgIpc) is 2.39. The van der Waals surface area contributed by atoms with Crippen molar-refractivity contribution in [2.45, 2.75) is 19.3 Å². The van der Waals surface area contributed by atoms with Crippen molar-refractivity contribution in [2.24, 2.45) is 0 Å². The molecule has 0 saturated carbocycles. The highest BCUT2D eigenvalue weighted by atomic mass is 14.7. The second kappa shape index (κ2) is 4.09. The number of hydrogen-bond donors (Lipinski definition) is 0. The van der Waals surface area contributed by atoms with E-state index in [0.29, 0.717) is 0 Å². The molecule has 0 atom stereocenters. The Morgan fingerprint density at radius 3 is 2.94 bits per heavy atom. The minimum absolute atomic E-state index is 1.06. The van der Waals surface area contributed by atoms with E-state index >= 15 is 0 Å². The number of aromatic nitrogens is 1. The molecule has 0 saturated heterocycles. The maximum Gasteiger partial charge on any atom is 0.0702 e. The van der Waals surface area contributed by atoms with E-state index in [4.69, 9.17) is 0 Å². The molecule has 0 N–H and O–H groups in total. The minimum atomic E-state index is 1.06. The van der Waals surface area contributed by atoms with Crippen LogP contribution in [0.25, 0.3) is 11.3 Å². The van der Waals surface area contributed by atoms with Crippen LogP contribution in [-0.4, -0.2) is 4.98 Å². The van der Waals surface area contributed by atoms with Crippen LogP contribution in [0.4, 0.5) is 0 Å². The first-order valence-corrected chi connectivity index (χ1v) is 5.81. The predicted molar refractivity (Wildman–Crippen MR) is 66.0 cm³/mol. The molecule has 1 radical (unpaired) electrons. The molecule has 16 heavy (non-hydrogen) atoms. The van der Waals surface area contributed by atoms with E-state index in [9.17, 15) is 0 Å². The molecule has 1 aliphatic carbocycles. The van der Waals surface area contributed by atoms with Gasteiger partial charge in [0.2, 0.25) is 0 Å². The van der Waals surface area contributed by atoms with E-state index in [1.165, 1.54) is 36.0 Å². The van der Waals surface area contributed by atoms with E-state index in [1.807, 2.05) is 18.3 Å². The lowest BCUT2D eigenvalue weighted by Crippen LogP contribution is -2.00. The number of aryl methyl sites for hydroxylation is 1. The lowest BCUT2D eigenvalue weighted by atomic mass is 9.90. The van der Waals surface area contributed by atoms with Gasteiger partial charge in [-0.15, -0.1) is 0 Å². The van der Waals surface area contributed by atoms with Crippen molar-refractivity contribution < 1.29 is 0 Å². The molecule has 3 rings (SSSR count). The first kappa shape index (κ1) is 9.59. The highest BCUT2D eigenvalue weighted by Crippen LogP contribution is 2.27. The molecule has 1 aliphatic rings. The molecule has 0 bridgehead atoms. The van der Waals surface area contributed by atoms with Crippen LogP contribution in [0.5, 0.6) is 0 Å². The predicted octanol–water partition coefficient (Wildman–Crippen LogP) is 3.64. The molecule has 1 aromatic carbocycles. The van der Waals surface area contributed by atoms with Gasteiger partial charge in [-0.3, -0.25) is 4.98 Å². The summed E-state index contributed by atoms with van der Waals surface area (Å²) in [6.45, 7) is 0. The monoisotopic (exact) mass is 208 g/mol. The highest BCUT2D eigenvalue weighted by molar-refractivity contribution is 5.62. The number of hydrogen-bond acceptors (Lipinski definition) is 1. The third kappa shape index (κ3) is 1.73. The fourth-order valence-electron chi connectivity index (χ4n) is 2.26. The summed E-state index contributed by atoms with van der Waals surface area (Å²) in [7, 11) is 0. The number of pyridine rings is 1. The first-order chi connectivity index (χ1) is 7.93. The normalized spacial score (nSPS) is 14.5. The molecular formula is C15H14N. The number of fused-ring (bicyclic) bond motifs is 1. The SMILES string of the molecule is [CH]1CCCc2ccc(-c3ccccn3)cc21. The summed E-state index contributed by atoms with van der Waals surface area (Å²) in [6, 6.07) is 12.7. The van der Waals surface area contributed by atoms with Crippen molar-refractivity contribution in [1.82, 2.24) is 4.98 Å². The molecule has 2 aromatic rings. The van der Waals surface area contributed by atoms with E-state index in [-0.39, 0.29) is 0 Å². The molecular weight excluding hydrogens is 194 g/mol. The van der Waals surface area contributed by atoms with Crippen LogP contribution >= 0.6 is 0 Å². The van der Waals surface area contributed by atoms with Crippen LogP contribution in [0.2, 0.25) is 0 Å². The van der Waals surface area contributed by atoms with E-state index in [2.05, 4.69) is 35.7 Å². The van der Waals surface area contributed by atoms with Crippen molar-refractivity contribution in [3.63, 3.8) is 0 Å². The van der Waals surface area contributed by atoms with Gasteiger partial charge in [-0.2, -0.15) is 0 Å². The summed E-state index contributed by atoms with van der Waals surface area (Å²) >= 11 is 0. The Balaban J connectivity index is 2.03. The molecule has 0 fully saturated rings. The number of nitrogens with zero attached hydrogens (tertiary/aromatic N) is 1. The summed E-state index contributed by atoms with van der Waals surface area (Å²) in [5, 5.41) is 0. The van der Waals surface area contributed by atoms with Crippen LogP contribution in [0.3, 0.4) is 0 Å². The largest absolute Gasteiger partial charge is 0.256 e. The maximum atomic E-state index is 4.38. The van der Waals surface area contributed by atoms with Crippen molar-refractivity contribution >= 4 is 0 Å². The highest BCUT2D eigenvalue weighted by Gasteiger charge is 2.10. The second-order valence-corrected chi connectivity index (χ2v) is 4.22. The smallest absolute Gasteiger partial charge is 0.0702 e. The van der Waals surface area contributed by atoms with Gasteiger partial charge in [0.05, 0.1) is 5.69 Å². The summed E-state index contributed by atoms with van der Waals surface area (Å²) < 4.78 is 0. The fraction of sp³-hybridized carbons (Fsp3) is 0.200. The summed E-state index contributed by atoms with van der Waals surface area (Å²) in [5.74, 6) is 0. The van der Waals surface area contributed by atoms with Gasteiger partial charge in [0, 0.05) is 11.8 Å². The molecule has 0 unspecified atom stereocenters. The Morgan fingerprint density at radius 2 is 2.06 bits per heavy atom. The molecule has 79 valence electrons. The molecule has 1 heteroatoms. The molecule has 0 aliphatic heterocycles. The lowest BCUT2D eigenvalue weighted by molar-refractivity contribution is 0.775. The molecule has 1 aromatic heterocycles. The van der Waals surface area contributed by atoms with Gasteiger partial charge in [0.15, 0.2) is 0 Å². The van der Waals surface area contributed by atoms with Gasteiger partial charge in [0.25, 0.3) is 0 Å². The first-order valence-electron chi connectivity index (χ1n) is 5.81.